The maximum absolute atomic E-state index is 12.2. The maximum Gasteiger partial charge on any atom is 0.291 e. The van der Waals surface area contributed by atoms with Gasteiger partial charge in [-0.25, -0.2) is 13.1 Å². The van der Waals surface area contributed by atoms with Gasteiger partial charge in [-0.05, 0) is 25.5 Å². The van der Waals surface area contributed by atoms with Crippen LogP contribution in [0.3, 0.4) is 0 Å². The number of benzene rings is 1. The van der Waals surface area contributed by atoms with Crippen molar-refractivity contribution in [2.24, 2.45) is 0 Å². The molecule has 0 saturated carbocycles. The van der Waals surface area contributed by atoms with Crippen LogP contribution in [0, 0.1) is 10.1 Å². The zero-order valence-electron chi connectivity index (χ0n) is 11.7. The smallest absolute Gasteiger partial charge is 0.291 e. The molecule has 0 fully saturated rings. The van der Waals surface area contributed by atoms with Gasteiger partial charge in [0.15, 0.2) is 4.90 Å². The lowest BCUT2D eigenvalue weighted by Gasteiger charge is -2.13. The Kier molecular flexibility index (Phi) is 5.46. The molecule has 112 valence electrons. The predicted molar refractivity (Wildman–Crippen MR) is 77.3 cm³/mol. The van der Waals surface area contributed by atoms with E-state index in [1.807, 2.05) is 6.92 Å². The van der Waals surface area contributed by atoms with Crippen LogP contribution in [0.25, 0.3) is 0 Å². The molecule has 0 amide bonds. The first-order valence-corrected chi connectivity index (χ1v) is 7.78. The van der Waals surface area contributed by atoms with Gasteiger partial charge in [-0.15, -0.1) is 0 Å². The number of nitro groups is 1. The second-order valence-corrected chi connectivity index (χ2v) is 6.18. The van der Waals surface area contributed by atoms with Crippen molar-refractivity contribution in [3.05, 3.63) is 28.3 Å². The fraction of sp³-hybridized carbons (Fsp3) is 0.500. The largest absolute Gasteiger partial charge is 0.388 e. The Morgan fingerprint density at radius 3 is 2.55 bits per heavy atom. The topological polar surface area (TPSA) is 101 Å². The van der Waals surface area contributed by atoms with E-state index >= 15 is 0 Å². The highest BCUT2D eigenvalue weighted by Gasteiger charge is 2.27. The molecule has 20 heavy (non-hydrogen) atoms. The summed E-state index contributed by atoms with van der Waals surface area (Å²) in [4.78, 5) is 10.0. The van der Waals surface area contributed by atoms with Crippen LogP contribution in [0.15, 0.2) is 23.1 Å². The van der Waals surface area contributed by atoms with Crippen LogP contribution in [-0.4, -0.2) is 26.4 Å². The van der Waals surface area contributed by atoms with E-state index in [-0.39, 0.29) is 10.9 Å². The molecule has 0 spiro atoms. The molecule has 0 aromatic heterocycles. The van der Waals surface area contributed by atoms with Gasteiger partial charge in [0.1, 0.15) is 0 Å². The Bertz CT molecular complexity index is 586. The molecule has 0 aliphatic heterocycles. The molecule has 2 N–H and O–H groups in total. The van der Waals surface area contributed by atoms with Gasteiger partial charge in [0.25, 0.3) is 5.69 Å². The number of nitro benzene ring substituents is 1. The molecule has 8 heteroatoms. The summed E-state index contributed by atoms with van der Waals surface area (Å²) in [5.41, 5.74) is 0.0466. The molecule has 0 bridgehead atoms. The SMILES string of the molecule is CCCC(C)NS(=O)(=O)c1ccc(NC)cc1[N+](=O)[O-]. The standard InChI is InChI=1S/C12H19N3O4S/c1-4-5-9(2)14-20(18,19)12-7-6-10(13-3)8-11(12)15(16)17/h6-9,13-14H,4-5H2,1-3H3. The zero-order chi connectivity index (χ0) is 15.3. The second-order valence-electron chi connectivity index (χ2n) is 4.50. The molecule has 1 rings (SSSR count). The summed E-state index contributed by atoms with van der Waals surface area (Å²) in [7, 11) is -2.30. The van der Waals surface area contributed by atoms with Crippen molar-refractivity contribution in [3.8, 4) is 0 Å². The van der Waals surface area contributed by atoms with Gasteiger partial charge in [0, 0.05) is 24.8 Å². The molecule has 0 heterocycles. The number of nitrogens with one attached hydrogen (secondary N) is 2. The lowest BCUT2D eigenvalue weighted by Crippen LogP contribution is -2.32. The Morgan fingerprint density at radius 2 is 2.05 bits per heavy atom. The molecule has 0 aliphatic rings. The summed E-state index contributed by atoms with van der Waals surface area (Å²) in [5.74, 6) is 0. The number of rotatable bonds is 7. The number of sulfonamides is 1. The van der Waals surface area contributed by atoms with Crippen molar-refractivity contribution in [1.29, 1.82) is 0 Å². The molecule has 0 aliphatic carbocycles. The Hall–Kier alpha value is -1.67. The van der Waals surface area contributed by atoms with E-state index in [9.17, 15) is 18.5 Å². The number of nitrogens with zero attached hydrogens (tertiary/aromatic N) is 1. The fourth-order valence-electron chi connectivity index (χ4n) is 1.86. The van der Waals surface area contributed by atoms with Gasteiger partial charge in [0.05, 0.1) is 4.92 Å². The van der Waals surface area contributed by atoms with Crippen LogP contribution in [0.1, 0.15) is 26.7 Å². The molecular weight excluding hydrogens is 282 g/mol. The monoisotopic (exact) mass is 301 g/mol. The zero-order valence-corrected chi connectivity index (χ0v) is 12.5. The van der Waals surface area contributed by atoms with Gasteiger partial charge in [-0.3, -0.25) is 10.1 Å². The van der Waals surface area contributed by atoms with Gasteiger partial charge < -0.3 is 5.32 Å². The Labute approximate surface area is 118 Å². The van der Waals surface area contributed by atoms with Gasteiger partial charge in [-0.1, -0.05) is 13.3 Å². The summed E-state index contributed by atoms with van der Waals surface area (Å²) >= 11 is 0. The average molecular weight is 301 g/mol. The number of anilines is 1. The summed E-state index contributed by atoms with van der Waals surface area (Å²) in [6.07, 6.45) is 1.49. The van der Waals surface area contributed by atoms with E-state index in [1.165, 1.54) is 18.2 Å². The molecule has 0 radical (unpaired) electrons. The van der Waals surface area contributed by atoms with Crippen molar-refractivity contribution in [1.82, 2.24) is 4.72 Å². The highest BCUT2D eigenvalue weighted by molar-refractivity contribution is 7.89. The Balaban J connectivity index is 3.20. The van der Waals surface area contributed by atoms with Gasteiger partial charge in [-0.2, -0.15) is 0 Å². The third-order valence-corrected chi connectivity index (χ3v) is 4.45. The Morgan fingerprint density at radius 1 is 1.40 bits per heavy atom. The second kappa shape index (κ2) is 6.67. The minimum Gasteiger partial charge on any atom is -0.388 e. The minimum atomic E-state index is -3.90. The van der Waals surface area contributed by atoms with Crippen LogP contribution >= 0.6 is 0 Å². The first-order chi connectivity index (χ1) is 9.31. The van der Waals surface area contributed by atoms with Crippen LogP contribution < -0.4 is 10.0 Å². The molecule has 0 saturated heterocycles. The van der Waals surface area contributed by atoms with E-state index in [2.05, 4.69) is 10.0 Å². The quantitative estimate of drug-likeness (QED) is 0.593. The lowest BCUT2D eigenvalue weighted by atomic mass is 10.2. The van der Waals surface area contributed by atoms with Crippen molar-refractivity contribution < 1.29 is 13.3 Å². The first-order valence-electron chi connectivity index (χ1n) is 6.30. The van der Waals surface area contributed by atoms with Gasteiger partial charge in [0.2, 0.25) is 10.0 Å². The van der Waals surface area contributed by atoms with Crippen LogP contribution in [0.4, 0.5) is 11.4 Å². The molecule has 7 nitrogen and oxygen atoms in total. The van der Waals surface area contributed by atoms with E-state index in [0.29, 0.717) is 12.1 Å². The fourth-order valence-corrected chi connectivity index (χ4v) is 3.29. The molecule has 1 atom stereocenters. The van der Waals surface area contributed by atoms with Crippen LogP contribution in [-0.2, 0) is 10.0 Å². The molecule has 1 aromatic rings. The lowest BCUT2D eigenvalue weighted by molar-refractivity contribution is -0.387. The summed E-state index contributed by atoms with van der Waals surface area (Å²) < 4.78 is 26.9. The summed E-state index contributed by atoms with van der Waals surface area (Å²) in [6, 6.07) is 3.67. The maximum atomic E-state index is 12.2. The third-order valence-electron chi connectivity index (χ3n) is 2.81. The summed E-state index contributed by atoms with van der Waals surface area (Å²) in [5, 5.41) is 13.8. The normalized spacial score (nSPS) is 12.9. The highest BCUT2D eigenvalue weighted by Crippen LogP contribution is 2.27. The minimum absolute atomic E-state index is 0.270. The van der Waals surface area contributed by atoms with Crippen LogP contribution in [0.2, 0.25) is 0 Å². The van der Waals surface area contributed by atoms with Crippen LogP contribution in [0.5, 0.6) is 0 Å². The highest BCUT2D eigenvalue weighted by atomic mass is 32.2. The van der Waals surface area contributed by atoms with Crippen molar-refractivity contribution in [3.63, 3.8) is 0 Å². The van der Waals surface area contributed by atoms with E-state index in [1.54, 1.807) is 14.0 Å². The first kappa shape index (κ1) is 16.4. The van der Waals surface area contributed by atoms with E-state index in [4.69, 9.17) is 0 Å². The van der Waals surface area contributed by atoms with Crippen molar-refractivity contribution >= 4 is 21.4 Å². The molecular formula is C12H19N3O4S. The third kappa shape index (κ3) is 3.91. The molecule has 1 unspecified atom stereocenters. The van der Waals surface area contributed by atoms with Crippen molar-refractivity contribution in [2.75, 3.05) is 12.4 Å². The van der Waals surface area contributed by atoms with E-state index < -0.39 is 20.6 Å². The predicted octanol–water partition coefficient (Wildman–Crippen LogP) is 2.10. The average Bonchev–Trinajstić information content (AvgIpc) is 2.37. The number of hydrogen-bond acceptors (Lipinski definition) is 5. The molecule has 1 aromatic carbocycles. The summed E-state index contributed by atoms with van der Waals surface area (Å²) in [6.45, 7) is 3.67. The number of hydrogen-bond donors (Lipinski definition) is 2. The van der Waals surface area contributed by atoms with Crippen molar-refractivity contribution in [2.45, 2.75) is 37.6 Å². The van der Waals surface area contributed by atoms with Gasteiger partial charge >= 0.3 is 0 Å². The van der Waals surface area contributed by atoms with E-state index in [0.717, 1.165) is 6.42 Å².